The Kier molecular flexibility index (Phi) is 3.68. The second-order valence-electron chi connectivity index (χ2n) is 4.31. The summed E-state index contributed by atoms with van der Waals surface area (Å²) < 4.78 is 26.9. The van der Waals surface area contributed by atoms with Crippen molar-refractivity contribution in [3.05, 3.63) is 40.6 Å². The van der Waals surface area contributed by atoms with E-state index in [-0.39, 0.29) is 9.77 Å². The summed E-state index contributed by atoms with van der Waals surface area (Å²) in [6, 6.07) is 8.60. The number of carboxylic acid groups (broad SMARTS) is 1. The van der Waals surface area contributed by atoms with E-state index in [0.29, 0.717) is 18.0 Å². The first-order valence-corrected chi connectivity index (χ1v) is 9.37. The minimum atomic E-state index is -3.86. The molecule has 0 radical (unpaired) electrons. The second kappa shape index (κ2) is 5.36. The van der Waals surface area contributed by atoms with Gasteiger partial charge in [0.1, 0.15) is 9.77 Å². The molecule has 1 aromatic carbocycles. The van der Waals surface area contributed by atoms with E-state index in [4.69, 9.17) is 5.11 Å². The van der Waals surface area contributed by atoms with Crippen molar-refractivity contribution >= 4 is 44.8 Å². The highest BCUT2D eigenvalue weighted by Gasteiger charge is 2.33. The third-order valence-electron chi connectivity index (χ3n) is 3.08. The van der Waals surface area contributed by atoms with Crippen LogP contribution in [0.1, 0.15) is 9.67 Å². The largest absolute Gasteiger partial charge is 0.477 e. The van der Waals surface area contributed by atoms with E-state index >= 15 is 0 Å². The summed E-state index contributed by atoms with van der Waals surface area (Å²) in [5, 5.41) is 10.6. The Morgan fingerprint density at radius 2 is 2.00 bits per heavy atom. The number of carbonyl (C=O) groups is 1. The summed E-state index contributed by atoms with van der Waals surface area (Å²) in [4.78, 5) is 11.8. The summed E-state index contributed by atoms with van der Waals surface area (Å²) in [5.74, 6) is -0.578. The summed E-state index contributed by atoms with van der Waals surface area (Å²) in [5.41, 5.74) is 0.608. The van der Waals surface area contributed by atoms with Crippen LogP contribution in [-0.2, 0) is 10.0 Å². The van der Waals surface area contributed by atoms with Crippen molar-refractivity contribution in [1.29, 1.82) is 0 Å². The zero-order valence-corrected chi connectivity index (χ0v) is 13.2. The second-order valence-corrected chi connectivity index (χ2v) is 8.20. The van der Waals surface area contributed by atoms with Gasteiger partial charge in [-0.05, 0) is 23.6 Å². The number of hydrogen-bond acceptors (Lipinski definition) is 5. The maximum absolute atomic E-state index is 12.8. The molecule has 0 spiro atoms. The van der Waals surface area contributed by atoms with Crippen LogP contribution in [0.4, 0.5) is 5.69 Å². The van der Waals surface area contributed by atoms with Crippen LogP contribution in [0, 0.1) is 0 Å². The molecule has 1 aliphatic rings. The summed E-state index contributed by atoms with van der Waals surface area (Å²) in [6.45, 7) is 0.332. The number of benzene rings is 1. The molecule has 0 saturated heterocycles. The van der Waals surface area contributed by atoms with Crippen LogP contribution < -0.4 is 4.31 Å². The molecule has 3 rings (SSSR count). The predicted octanol–water partition coefficient (Wildman–Crippen LogP) is 2.75. The number of sulfonamides is 1. The molecule has 8 heteroatoms. The molecule has 1 aromatic heterocycles. The van der Waals surface area contributed by atoms with Gasteiger partial charge in [0.2, 0.25) is 0 Å². The monoisotopic (exact) mass is 341 g/mol. The van der Waals surface area contributed by atoms with E-state index in [9.17, 15) is 13.2 Å². The number of thiophene rings is 1. The third-order valence-corrected chi connectivity index (χ3v) is 7.01. The Hall–Kier alpha value is -1.51. The normalized spacial score (nSPS) is 14.8. The van der Waals surface area contributed by atoms with Gasteiger partial charge in [0, 0.05) is 17.2 Å². The Labute approximate surface area is 130 Å². The summed E-state index contributed by atoms with van der Waals surface area (Å²) in [7, 11) is -3.86. The van der Waals surface area contributed by atoms with E-state index in [1.54, 1.807) is 23.9 Å². The number of hydrogen-bond donors (Lipinski definition) is 1. The average Bonchev–Trinajstić information content (AvgIpc) is 2.97. The molecular weight excluding hydrogens is 330 g/mol. The number of nitrogens with zero attached hydrogens (tertiary/aromatic N) is 1. The molecular formula is C13H11NO4S3. The van der Waals surface area contributed by atoms with Crippen LogP contribution in [0.3, 0.4) is 0 Å². The highest BCUT2D eigenvalue weighted by atomic mass is 32.2. The number of carboxylic acids is 1. The van der Waals surface area contributed by atoms with Crippen LogP contribution >= 0.6 is 23.1 Å². The molecule has 5 nitrogen and oxygen atoms in total. The zero-order chi connectivity index (χ0) is 15.0. The summed E-state index contributed by atoms with van der Waals surface area (Å²) in [6.07, 6.45) is 0. The molecule has 2 heterocycles. The number of thioether (sulfide) groups is 1. The molecule has 0 saturated carbocycles. The molecule has 1 aliphatic heterocycles. The fraction of sp³-hybridized carbons (Fsp3) is 0.154. The van der Waals surface area contributed by atoms with Gasteiger partial charge < -0.3 is 5.11 Å². The van der Waals surface area contributed by atoms with Crippen LogP contribution in [0.2, 0.25) is 0 Å². The van der Waals surface area contributed by atoms with Gasteiger partial charge in [0.05, 0.1) is 5.69 Å². The zero-order valence-electron chi connectivity index (χ0n) is 10.7. The van der Waals surface area contributed by atoms with Gasteiger partial charge in [-0.15, -0.1) is 23.1 Å². The highest BCUT2D eigenvalue weighted by Crippen LogP contribution is 2.38. The number of para-hydroxylation sites is 1. The quantitative estimate of drug-likeness (QED) is 0.929. The molecule has 0 fully saturated rings. The van der Waals surface area contributed by atoms with Gasteiger partial charge in [0.15, 0.2) is 0 Å². The molecule has 0 aliphatic carbocycles. The lowest BCUT2D eigenvalue weighted by Gasteiger charge is -2.29. The highest BCUT2D eigenvalue weighted by molar-refractivity contribution is 8.00. The number of anilines is 1. The van der Waals surface area contributed by atoms with Gasteiger partial charge in [-0.3, -0.25) is 4.31 Å². The number of rotatable bonds is 3. The number of aromatic carboxylic acids is 1. The molecule has 1 N–H and O–H groups in total. The van der Waals surface area contributed by atoms with Crippen LogP contribution in [0.25, 0.3) is 0 Å². The van der Waals surface area contributed by atoms with Crippen LogP contribution in [0.5, 0.6) is 0 Å². The van der Waals surface area contributed by atoms with Crippen LogP contribution in [-0.4, -0.2) is 31.8 Å². The SMILES string of the molecule is O=C(O)c1sccc1S(=O)(=O)N1CCSc2ccccc21. The smallest absolute Gasteiger partial charge is 0.347 e. The minimum absolute atomic E-state index is 0.137. The first-order valence-electron chi connectivity index (χ1n) is 6.07. The minimum Gasteiger partial charge on any atom is -0.477 e. The van der Waals surface area contributed by atoms with Gasteiger partial charge >= 0.3 is 5.97 Å². The fourth-order valence-corrected chi connectivity index (χ4v) is 6.06. The maximum atomic E-state index is 12.8. The van der Waals surface area contributed by atoms with E-state index < -0.39 is 16.0 Å². The molecule has 2 aromatic rings. The predicted molar refractivity (Wildman–Crippen MR) is 83.0 cm³/mol. The van der Waals surface area contributed by atoms with Crippen molar-refractivity contribution in [1.82, 2.24) is 0 Å². The maximum Gasteiger partial charge on any atom is 0.347 e. The Balaban J connectivity index is 2.12. The first kappa shape index (κ1) is 14.4. The lowest BCUT2D eigenvalue weighted by atomic mass is 10.3. The van der Waals surface area contributed by atoms with Crippen molar-refractivity contribution < 1.29 is 18.3 Å². The Morgan fingerprint density at radius 3 is 2.76 bits per heavy atom. The lowest BCUT2D eigenvalue weighted by Crippen LogP contribution is -2.35. The Bertz CT molecular complexity index is 797. The van der Waals surface area contributed by atoms with Gasteiger partial charge in [-0.25, -0.2) is 13.2 Å². The van der Waals surface area contributed by atoms with E-state index in [0.717, 1.165) is 16.2 Å². The van der Waals surface area contributed by atoms with Crippen molar-refractivity contribution in [3.8, 4) is 0 Å². The number of fused-ring (bicyclic) bond motifs is 1. The lowest BCUT2D eigenvalue weighted by molar-refractivity contribution is 0.0698. The van der Waals surface area contributed by atoms with Crippen molar-refractivity contribution in [2.45, 2.75) is 9.79 Å². The van der Waals surface area contributed by atoms with Gasteiger partial charge in [-0.1, -0.05) is 12.1 Å². The molecule has 0 unspecified atom stereocenters. The summed E-state index contributed by atoms with van der Waals surface area (Å²) >= 11 is 2.52. The van der Waals surface area contributed by atoms with Gasteiger partial charge in [0.25, 0.3) is 10.0 Å². The molecule has 0 amide bonds. The third kappa shape index (κ3) is 2.43. The molecule has 110 valence electrons. The standard InChI is InChI=1S/C13H11NO4S3/c15-13(16)12-11(5-7-20-12)21(17,18)14-6-8-19-10-4-2-1-3-9(10)14/h1-5,7H,6,8H2,(H,15,16). The van der Waals surface area contributed by atoms with Crippen LogP contribution in [0.15, 0.2) is 45.5 Å². The topological polar surface area (TPSA) is 74.7 Å². The van der Waals surface area contributed by atoms with E-state index in [1.165, 1.54) is 15.8 Å². The molecule has 0 bridgehead atoms. The Morgan fingerprint density at radius 1 is 1.24 bits per heavy atom. The van der Waals surface area contributed by atoms with Gasteiger partial charge in [-0.2, -0.15) is 0 Å². The molecule has 21 heavy (non-hydrogen) atoms. The first-order chi connectivity index (χ1) is 10.0. The van der Waals surface area contributed by atoms with Crippen molar-refractivity contribution in [2.75, 3.05) is 16.6 Å². The van der Waals surface area contributed by atoms with E-state index in [2.05, 4.69) is 0 Å². The van der Waals surface area contributed by atoms with Crippen molar-refractivity contribution in [3.63, 3.8) is 0 Å². The average molecular weight is 341 g/mol. The van der Waals surface area contributed by atoms with Crippen molar-refractivity contribution in [2.24, 2.45) is 0 Å². The van der Waals surface area contributed by atoms with E-state index in [1.807, 2.05) is 12.1 Å². The molecule has 0 atom stereocenters. The fourth-order valence-electron chi connectivity index (χ4n) is 2.17.